The lowest BCUT2D eigenvalue weighted by Crippen LogP contribution is -2.34. The molecular formula is C22H36O8. The predicted octanol–water partition coefficient (Wildman–Crippen LogP) is 3.98. The van der Waals surface area contributed by atoms with Crippen molar-refractivity contribution in [1.29, 1.82) is 0 Å². The van der Waals surface area contributed by atoms with Crippen LogP contribution < -0.4 is 0 Å². The van der Waals surface area contributed by atoms with Crippen LogP contribution in [-0.4, -0.2) is 44.3 Å². The lowest BCUT2D eigenvalue weighted by molar-refractivity contribution is -0.157. The molecule has 1 rings (SSSR count). The molecule has 0 aromatic carbocycles. The van der Waals surface area contributed by atoms with E-state index in [1.165, 1.54) is 0 Å². The van der Waals surface area contributed by atoms with Gasteiger partial charge in [-0.3, -0.25) is 19.2 Å². The highest BCUT2D eigenvalue weighted by Gasteiger charge is 2.37. The number of carboxylic acid groups (broad SMARTS) is 4. The van der Waals surface area contributed by atoms with Gasteiger partial charge in [0, 0.05) is 0 Å². The van der Waals surface area contributed by atoms with Crippen LogP contribution in [0.5, 0.6) is 0 Å². The number of hydrogen-bond acceptors (Lipinski definition) is 4. The zero-order valence-electron chi connectivity index (χ0n) is 18.0. The van der Waals surface area contributed by atoms with E-state index >= 15 is 0 Å². The standard InChI is InChI=1S/C22H36O8/c1-3-6-14-12-11-13(2)15(7-4-9-17(19(23)24)20(25)26)16(14)8-5-10-18(21(27)28)22(29)30/h13-18H,3-12H2,1-2H3,(H,23,24)(H,25,26)(H,27,28)(H,29,30). The average Bonchev–Trinajstić information content (AvgIpc) is 2.64. The van der Waals surface area contributed by atoms with E-state index < -0.39 is 35.7 Å². The molecule has 0 aromatic heterocycles. The fourth-order valence-electron chi connectivity index (χ4n) is 5.17. The number of aliphatic carboxylic acids is 4. The van der Waals surface area contributed by atoms with Crippen LogP contribution in [0.25, 0.3) is 0 Å². The van der Waals surface area contributed by atoms with Crippen LogP contribution in [0.3, 0.4) is 0 Å². The smallest absolute Gasteiger partial charge is 0.317 e. The summed E-state index contributed by atoms with van der Waals surface area (Å²) >= 11 is 0. The normalized spacial score (nSPS) is 24.1. The van der Waals surface area contributed by atoms with Gasteiger partial charge in [0.1, 0.15) is 0 Å². The molecule has 0 heterocycles. The summed E-state index contributed by atoms with van der Waals surface area (Å²) in [5, 5.41) is 36.3. The van der Waals surface area contributed by atoms with Crippen molar-refractivity contribution in [2.45, 2.75) is 78.1 Å². The minimum atomic E-state index is -1.39. The Morgan fingerprint density at radius 2 is 1.17 bits per heavy atom. The van der Waals surface area contributed by atoms with E-state index in [-0.39, 0.29) is 12.8 Å². The maximum Gasteiger partial charge on any atom is 0.317 e. The van der Waals surface area contributed by atoms with Gasteiger partial charge in [-0.1, -0.05) is 46.0 Å². The van der Waals surface area contributed by atoms with Crippen LogP contribution in [0.2, 0.25) is 0 Å². The maximum absolute atomic E-state index is 11.1. The van der Waals surface area contributed by atoms with Gasteiger partial charge < -0.3 is 20.4 Å². The van der Waals surface area contributed by atoms with E-state index in [2.05, 4.69) is 13.8 Å². The molecule has 30 heavy (non-hydrogen) atoms. The van der Waals surface area contributed by atoms with Crippen molar-refractivity contribution in [3.8, 4) is 0 Å². The van der Waals surface area contributed by atoms with Gasteiger partial charge in [0.25, 0.3) is 0 Å². The first-order valence-electron chi connectivity index (χ1n) is 11.0. The van der Waals surface area contributed by atoms with Crippen LogP contribution in [0, 0.1) is 35.5 Å². The monoisotopic (exact) mass is 428 g/mol. The first-order valence-corrected chi connectivity index (χ1v) is 11.0. The largest absolute Gasteiger partial charge is 0.481 e. The number of carbonyl (C=O) groups is 4. The zero-order chi connectivity index (χ0) is 22.8. The average molecular weight is 429 g/mol. The molecule has 172 valence electrons. The summed E-state index contributed by atoms with van der Waals surface area (Å²) in [6.07, 6.45) is 6.97. The molecule has 4 atom stereocenters. The Morgan fingerprint density at radius 3 is 1.57 bits per heavy atom. The van der Waals surface area contributed by atoms with Crippen molar-refractivity contribution in [1.82, 2.24) is 0 Å². The second-order valence-corrected chi connectivity index (χ2v) is 8.75. The molecule has 4 unspecified atom stereocenters. The minimum Gasteiger partial charge on any atom is -0.481 e. The number of rotatable bonds is 14. The van der Waals surface area contributed by atoms with Crippen LogP contribution >= 0.6 is 0 Å². The molecule has 8 heteroatoms. The highest BCUT2D eigenvalue weighted by molar-refractivity contribution is 5.93. The molecule has 1 saturated carbocycles. The summed E-state index contributed by atoms with van der Waals surface area (Å²) in [4.78, 5) is 44.5. The second kappa shape index (κ2) is 12.5. The third-order valence-electron chi connectivity index (χ3n) is 6.79. The molecule has 0 aliphatic heterocycles. The topological polar surface area (TPSA) is 149 Å². The van der Waals surface area contributed by atoms with Crippen LogP contribution in [0.4, 0.5) is 0 Å². The zero-order valence-corrected chi connectivity index (χ0v) is 18.0. The molecule has 0 bridgehead atoms. The predicted molar refractivity (Wildman–Crippen MR) is 109 cm³/mol. The lowest BCUT2D eigenvalue weighted by atomic mass is 9.63. The van der Waals surface area contributed by atoms with Gasteiger partial charge in [0.2, 0.25) is 0 Å². The Bertz CT molecular complexity index is 574. The van der Waals surface area contributed by atoms with E-state index in [9.17, 15) is 19.2 Å². The van der Waals surface area contributed by atoms with Crippen molar-refractivity contribution in [2.75, 3.05) is 0 Å². The summed E-state index contributed by atoms with van der Waals surface area (Å²) < 4.78 is 0. The van der Waals surface area contributed by atoms with E-state index in [0.717, 1.165) is 38.5 Å². The Kier molecular flexibility index (Phi) is 10.8. The van der Waals surface area contributed by atoms with Crippen molar-refractivity contribution < 1.29 is 39.6 Å². The van der Waals surface area contributed by atoms with Crippen molar-refractivity contribution in [3.05, 3.63) is 0 Å². The summed E-state index contributed by atoms with van der Waals surface area (Å²) in [6, 6.07) is 0. The quantitative estimate of drug-likeness (QED) is 0.304. The van der Waals surface area contributed by atoms with Gasteiger partial charge in [-0.25, -0.2) is 0 Å². The number of carboxylic acids is 4. The van der Waals surface area contributed by atoms with Crippen LogP contribution in [0.1, 0.15) is 78.1 Å². The van der Waals surface area contributed by atoms with Gasteiger partial charge in [0.05, 0.1) is 0 Å². The minimum absolute atomic E-state index is 0.0964. The Balaban J connectivity index is 2.80. The van der Waals surface area contributed by atoms with Crippen molar-refractivity contribution in [2.24, 2.45) is 35.5 Å². The fourth-order valence-corrected chi connectivity index (χ4v) is 5.17. The van der Waals surface area contributed by atoms with Gasteiger partial charge >= 0.3 is 23.9 Å². The molecule has 1 aliphatic rings. The van der Waals surface area contributed by atoms with E-state index in [0.29, 0.717) is 36.5 Å². The summed E-state index contributed by atoms with van der Waals surface area (Å²) in [7, 11) is 0. The number of hydrogen-bond donors (Lipinski definition) is 4. The third-order valence-corrected chi connectivity index (χ3v) is 6.79. The van der Waals surface area contributed by atoms with E-state index in [1.54, 1.807) is 0 Å². The van der Waals surface area contributed by atoms with Gasteiger partial charge in [-0.2, -0.15) is 0 Å². The second-order valence-electron chi connectivity index (χ2n) is 8.75. The molecule has 0 amide bonds. The SMILES string of the molecule is CCCC1CCC(C)C(CCCC(C(=O)O)C(=O)O)C1CCCC(C(=O)O)C(=O)O. The molecular weight excluding hydrogens is 392 g/mol. The molecule has 1 fully saturated rings. The van der Waals surface area contributed by atoms with E-state index in [4.69, 9.17) is 20.4 Å². The Labute approximate surface area is 177 Å². The van der Waals surface area contributed by atoms with Gasteiger partial charge in [-0.15, -0.1) is 0 Å². The van der Waals surface area contributed by atoms with Crippen LogP contribution in [-0.2, 0) is 19.2 Å². The molecule has 4 N–H and O–H groups in total. The molecule has 8 nitrogen and oxygen atoms in total. The summed E-state index contributed by atoms with van der Waals surface area (Å²) in [5.74, 6) is -6.48. The Hall–Kier alpha value is -2.12. The van der Waals surface area contributed by atoms with Gasteiger partial charge in [-0.05, 0) is 55.8 Å². The highest BCUT2D eigenvalue weighted by Crippen LogP contribution is 2.45. The fraction of sp³-hybridized carbons (Fsp3) is 0.818. The maximum atomic E-state index is 11.1. The molecule has 0 saturated heterocycles. The van der Waals surface area contributed by atoms with Crippen LogP contribution in [0.15, 0.2) is 0 Å². The van der Waals surface area contributed by atoms with E-state index in [1.807, 2.05) is 0 Å². The third kappa shape index (κ3) is 7.61. The van der Waals surface area contributed by atoms with Crippen molar-refractivity contribution in [3.63, 3.8) is 0 Å². The first kappa shape index (κ1) is 25.9. The Morgan fingerprint density at radius 1 is 0.733 bits per heavy atom. The molecule has 0 radical (unpaired) electrons. The lowest BCUT2D eigenvalue weighted by Gasteiger charge is -2.43. The molecule has 0 spiro atoms. The molecule has 0 aromatic rings. The van der Waals surface area contributed by atoms with Gasteiger partial charge in [0.15, 0.2) is 11.8 Å². The van der Waals surface area contributed by atoms with Crippen molar-refractivity contribution >= 4 is 23.9 Å². The summed E-state index contributed by atoms with van der Waals surface area (Å²) in [6.45, 7) is 4.29. The highest BCUT2D eigenvalue weighted by atomic mass is 16.4. The molecule has 1 aliphatic carbocycles. The first-order chi connectivity index (χ1) is 14.1. The summed E-state index contributed by atoms with van der Waals surface area (Å²) in [5.41, 5.74) is 0.